The van der Waals surface area contributed by atoms with Crippen molar-refractivity contribution in [2.45, 2.75) is 36.0 Å². The minimum atomic E-state index is -6.18. The fraction of sp³-hybridized carbons (Fsp3) is 0.212. The van der Waals surface area contributed by atoms with E-state index in [0.29, 0.717) is 16.7 Å². The van der Waals surface area contributed by atoms with Gasteiger partial charge < -0.3 is 24.8 Å². The quantitative estimate of drug-likeness (QED) is 0.0433. The zero-order valence-electron chi connectivity index (χ0n) is 26.8. The van der Waals surface area contributed by atoms with Gasteiger partial charge in [-0.25, -0.2) is 4.79 Å². The number of halogens is 3. The largest absolute Gasteiger partial charge is 0.534 e. The molecule has 0 spiro atoms. The summed E-state index contributed by atoms with van der Waals surface area (Å²) in [5, 5.41) is 6.82. The summed E-state index contributed by atoms with van der Waals surface area (Å²) in [5.74, 6) is -4.47. The Balaban J connectivity index is 1.37. The number of nitrogens with two attached hydrogens (primary N) is 1. The van der Waals surface area contributed by atoms with Crippen LogP contribution in [0, 0.1) is 0 Å². The molecule has 2 aliphatic heterocycles. The normalized spacial score (nSPS) is 17.9. The van der Waals surface area contributed by atoms with Crippen LogP contribution in [0.15, 0.2) is 108 Å². The molecule has 1 fully saturated rings. The molecule has 0 bridgehead atoms. The van der Waals surface area contributed by atoms with Crippen LogP contribution in [0.3, 0.4) is 0 Å². The standard InChI is InChI=1S/C33H27F3N6O8S2/c1-48-30(45)26-23(49-52(46,47)33(34,35)36)18-17-22-24(29(44)42(22)26)38-28(43)25(27-39-31(37)51-41-27)40-50-32(19-11-5-2-6-12-19,20-13-7-3-8-14-20)21-15-9-4-10-16-21/h2-16,22,24H,17-18H2,1H3,(H,38,43)(H2,37,39,41)/b40-25-/t22-,24+/m1/s1. The van der Waals surface area contributed by atoms with Gasteiger partial charge in [0.05, 0.1) is 13.2 Å². The first-order valence-corrected chi connectivity index (χ1v) is 17.4. The maximum absolute atomic E-state index is 14.0. The first kappa shape index (κ1) is 36.0. The molecule has 2 atom stereocenters. The first-order chi connectivity index (χ1) is 24.8. The van der Waals surface area contributed by atoms with Crippen LogP contribution < -0.4 is 11.1 Å². The van der Waals surface area contributed by atoms with Crippen LogP contribution >= 0.6 is 11.5 Å². The number of nitrogen functional groups attached to an aromatic ring is 1. The lowest BCUT2D eigenvalue weighted by molar-refractivity contribution is -0.157. The molecule has 3 N–H and O–H groups in total. The number of amides is 2. The lowest BCUT2D eigenvalue weighted by Gasteiger charge is -2.49. The number of nitrogens with one attached hydrogen (secondary N) is 1. The van der Waals surface area contributed by atoms with Gasteiger partial charge in [0.15, 0.2) is 16.6 Å². The van der Waals surface area contributed by atoms with Crippen LogP contribution in [-0.2, 0) is 43.9 Å². The zero-order valence-corrected chi connectivity index (χ0v) is 28.4. The van der Waals surface area contributed by atoms with Crippen molar-refractivity contribution in [3.63, 3.8) is 0 Å². The number of nitrogens with zero attached hydrogens (tertiary/aromatic N) is 4. The number of ether oxygens (including phenoxy) is 1. The van der Waals surface area contributed by atoms with Crippen LogP contribution in [-0.4, -0.2) is 70.9 Å². The van der Waals surface area contributed by atoms with Gasteiger partial charge in [-0.2, -0.15) is 30.9 Å². The number of fused-ring (bicyclic) bond motifs is 1. The van der Waals surface area contributed by atoms with E-state index in [1.165, 1.54) is 0 Å². The molecule has 3 aromatic carbocycles. The minimum Gasteiger partial charge on any atom is -0.464 e. The van der Waals surface area contributed by atoms with Crippen molar-refractivity contribution in [2.75, 3.05) is 12.8 Å². The highest BCUT2D eigenvalue weighted by Gasteiger charge is 2.56. The molecule has 2 amide bonds. The smallest absolute Gasteiger partial charge is 0.464 e. The van der Waals surface area contributed by atoms with Crippen LogP contribution in [0.1, 0.15) is 35.4 Å². The molecule has 14 nitrogen and oxygen atoms in total. The Kier molecular flexibility index (Phi) is 9.73. The highest BCUT2D eigenvalue weighted by molar-refractivity contribution is 7.87. The fourth-order valence-corrected chi connectivity index (χ4v) is 6.85. The summed E-state index contributed by atoms with van der Waals surface area (Å²) in [5.41, 5.74) is -0.800. The highest BCUT2D eigenvalue weighted by atomic mass is 32.2. The van der Waals surface area contributed by atoms with Crippen LogP contribution in [0.5, 0.6) is 0 Å². The Morgan fingerprint density at radius 2 is 1.50 bits per heavy atom. The van der Waals surface area contributed by atoms with E-state index in [-0.39, 0.29) is 17.4 Å². The molecule has 6 rings (SSSR count). The number of esters is 1. The van der Waals surface area contributed by atoms with Crippen LogP contribution in [0.2, 0.25) is 0 Å². The summed E-state index contributed by atoms with van der Waals surface area (Å²) in [6.07, 6.45) is -0.730. The number of oxime groups is 1. The number of carbonyl (C=O) groups is 3. The topological polar surface area (TPSA) is 192 Å². The third-order valence-corrected chi connectivity index (χ3v) is 9.76. The number of benzene rings is 3. The SMILES string of the molecule is COC(=O)C1=C(OS(=O)(=O)C(F)(F)F)CC[C@@H]2[C@H](NC(=O)/C(=N\OC(c3ccccc3)(c3ccccc3)c3ccccc3)c3nsc(N)n3)C(=O)N12. The van der Waals surface area contributed by atoms with E-state index in [1.807, 2.05) is 91.0 Å². The van der Waals surface area contributed by atoms with Gasteiger partial charge >= 0.3 is 21.6 Å². The molecule has 0 aliphatic carbocycles. The van der Waals surface area contributed by atoms with E-state index in [9.17, 15) is 36.0 Å². The lowest BCUT2D eigenvalue weighted by atomic mass is 9.80. The number of hydrogen-bond donors (Lipinski definition) is 2. The van der Waals surface area contributed by atoms with Crippen molar-refractivity contribution in [3.05, 3.63) is 125 Å². The van der Waals surface area contributed by atoms with Crippen molar-refractivity contribution < 1.29 is 49.7 Å². The van der Waals surface area contributed by atoms with Crippen molar-refractivity contribution in [1.82, 2.24) is 19.6 Å². The first-order valence-electron chi connectivity index (χ1n) is 15.3. The van der Waals surface area contributed by atoms with E-state index in [0.717, 1.165) is 23.5 Å². The zero-order chi connectivity index (χ0) is 37.3. The lowest BCUT2D eigenvalue weighted by Crippen LogP contribution is -2.72. The maximum Gasteiger partial charge on any atom is 0.534 e. The Labute approximate surface area is 298 Å². The number of allylic oxidation sites excluding steroid dienone is 1. The molecule has 1 saturated heterocycles. The van der Waals surface area contributed by atoms with Gasteiger partial charge in [0.2, 0.25) is 17.1 Å². The molecule has 0 saturated carbocycles. The van der Waals surface area contributed by atoms with Crippen molar-refractivity contribution in [2.24, 2.45) is 5.16 Å². The second-order valence-corrected chi connectivity index (χ2v) is 13.6. The Bertz CT molecular complexity index is 2070. The minimum absolute atomic E-state index is 0.0108. The monoisotopic (exact) mass is 756 g/mol. The van der Waals surface area contributed by atoms with Gasteiger partial charge in [0.25, 0.3) is 11.8 Å². The van der Waals surface area contributed by atoms with Crippen LogP contribution in [0.25, 0.3) is 0 Å². The van der Waals surface area contributed by atoms with Gasteiger partial charge in [0.1, 0.15) is 6.04 Å². The van der Waals surface area contributed by atoms with Crippen molar-refractivity contribution in [1.29, 1.82) is 0 Å². The van der Waals surface area contributed by atoms with Crippen molar-refractivity contribution >= 4 is 50.3 Å². The van der Waals surface area contributed by atoms with E-state index >= 15 is 0 Å². The highest BCUT2D eigenvalue weighted by Crippen LogP contribution is 2.42. The molecule has 2 aliphatic rings. The summed E-state index contributed by atoms with van der Waals surface area (Å²) in [6, 6.07) is 24.9. The molecule has 0 unspecified atom stereocenters. The number of rotatable bonds is 11. The number of carbonyl (C=O) groups excluding carboxylic acids is 3. The van der Waals surface area contributed by atoms with Crippen LogP contribution in [0.4, 0.5) is 18.3 Å². The number of hydrogen-bond acceptors (Lipinski definition) is 13. The second-order valence-electron chi connectivity index (χ2n) is 11.3. The van der Waals surface area contributed by atoms with E-state index in [4.69, 9.17) is 10.6 Å². The molecule has 1 aromatic heterocycles. The Morgan fingerprint density at radius 1 is 0.962 bits per heavy atom. The number of alkyl halides is 3. The maximum atomic E-state index is 14.0. The van der Waals surface area contributed by atoms with Gasteiger partial charge in [-0.05, 0) is 6.42 Å². The van der Waals surface area contributed by atoms with E-state index in [1.54, 1.807) is 0 Å². The Hall–Kier alpha value is -5.82. The fourth-order valence-electron chi connectivity index (χ4n) is 5.89. The van der Waals surface area contributed by atoms with Gasteiger partial charge in [-0.3, -0.25) is 14.5 Å². The summed E-state index contributed by atoms with van der Waals surface area (Å²) in [7, 11) is -5.30. The molecule has 0 radical (unpaired) electrons. The number of aromatic nitrogens is 2. The van der Waals surface area contributed by atoms with Gasteiger partial charge in [0, 0.05) is 34.6 Å². The molecular weight excluding hydrogens is 730 g/mol. The summed E-state index contributed by atoms with van der Waals surface area (Å²) < 4.78 is 75.8. The number of methoxy groups -OCH3 is 1. The molecule has 3 heterocycles. The van der Waals surface area contributed by atoms with Gasteiger partial charge in [-0.1, -0.05) is 96.2 Å². The molecule has 270 valence electrons. The molecule has 52 heavy (non-hydrogen) atoms. The molecular formula is C33H27F3N6O8S2. The third-order valence-electron chi connectivity index (χ3n) is 8.23. The average molecular weight is 757 g/mol. The predicted molar refractivity (Wildman–Crippen MR) is 178 cm³/mol. The number of anilines is 1. The molecule has 4 aromatic rings. The van der Waals surface area contributed by atoms with E-state index in [2.05, 4.69) is 28.7 Å². The summed E-state index contributed by atoms with van der Waals surface area (Å²) in [6.45, 7) is 0. The predicted octanol–water partition coefficient (Wildman–Crippen LogP) is 3.57. The second kappa shape index (κ2) is 14.1. The average Bonchev–Trinajstić information content (AvgIpc) is 3.57. The molecule has 19 heteroatoms. The van der Waals surface area contributed by atoms with Gasteiger partial charge in [-0.15, -0.1) is 0 Å². The van der Waals surface area contributed by atoms with Crippen molar-refractivity contribution in [3.8, 4) is 0 Å². The number of β-lactam (4-membered cyclic amide) rings is 1. The Morgan fingerprint density at radius 3 is 1.96 bits per heavy atom. The summed E-state index contributed by atoms with van der Waals surface area (Å²) >= 11 is 0.767. The van der Waals surface area contributed by atoms with E-state index < -0.39 is 74.7 Å². The third kappa shape index (κ3) is 6.55. The summed E-state index contributed by atoms with van der Waals surface area (Å²) in [4.78, 5) is 51.3.